The standard InChI is InChI=1S/C12H16ClN3O/c1-4-8(5-2)16-10-7(3)9(13)6-14-11(10)15-12(16)17/h6,8H,4-5H2,1-3H3,(H,14,15,17). The van der Waals surface area contributed by atoms with Crippen molar-refractivity contribution in [2.45, 2.75) is 39.7 Å². The molecule has 2 aromatic rings. The number of rotatable bonds is 3. The Balaban J connectivity index is 2.77. The number of hydrogen-bond donors (Lipinski definition) is 1. The third-order valence-corrected chi connectivity index (χ3v) is 3.58. The van der Waals surface area contributed by atoms with Gasteiger partial charge >= 0.3 is 0 Å². The summed E-state index contributed by atoms with van der Waals surface area (Å²) in [5, 5.41) is 10.6. The van der Waals surface area contributed by atoms with E-state index in [4.69, 9.17) is 11.6 Å². The number of aromatic nitrogens is 3. The van der Waals surface area contributed by atoms with Crippen LogP contribution in [0.1, 0.15) is 38.3 Å². The van der Waals surface area contributed by atoms with Crippen LogP contribution in [0.25, 0.3) is 11.2 Å². The molecule has 0 saturated heterocycles. The number of nitrogens with zero attached hydrogens (tertiary/aromatic N) is 3. The summed E-state index contributed by atoms with van der Waals surface area (Å²) in [5.74, 6) is 0. The fraction of sp³-hybridized carbons (Fsp3) is 0.500. The topological polar surface area (TPSA) is 50.9 Å². The van der Waals surface area contributed by atoms with Gasteiger partial charge in [0.05, 0.1) is 10.5 Å². The Morgan fingerprint density at radius 3 is 2.65 bits per heavy atom. The Morgan fingerprint density at radius 1 is 1.41 bits per heavy atom. The van der Waals surface area contributed by atoms with E-state index in [0.717, 1.165) is 23.9 Å². The van der Waals surface area contributed by atoms with Crippen LogP contribution in [0.2, 0.25) is 5.02 Å². The highest BCUT2D eigenvalue weighted by atomic mass is 35.5. The van der Waals surface area contributed by atoms with Crippen LogP contribution in [-0.2, 0) is 0 Å². The molecule has 0 unspecified atom stereocenters. The second kappa shape index (κ2) is 4.53. The van der Waals surface area contributed by atoms with E-state index in [-0.39, 0.29) is 12.1 Å². The van der Waals surface area contributed by atoms with E-state index in [9.17, 15) is 5.11 Å². The van der Waals surface area contributed by atoms with Gasteiger partial charge in [-0.25, -0.2) is 4.98 Å². The first kappa shape index (κ1) is 12.2. The minimum absolute atomic E-state index is 0.0200. The van der Waals surface area contributed by atoms with Crippen molar-refractivity contribution >= 4 is 22.8 Å². The molecule has 0 aliphatic carbocycles. The summed E-state index contributed by atoms with van der Waals surface area (Å²) in [5.41, 5.74) is 2.30. The molecule has 0 spiro atoms. The van der Waals surface area contributed by atoms with Gasteiger partial charge in [-0.1, -0.05) is 25.4 Å². The highest BCUT2D eigenvalue weighted by molar-refractivity contribution is 6.31. The van der Waals surface area contributed by atoms with Crippen LogP contribution in [0.4, 0.5) is 0 Å². The monoisotopic (exact) mass is 253 g/mol. The zero-order valence-electron chi connectivity index (χ0n) is 10.2. The third kappa shape index (κ3) is 1.86. The molecule has 17 heavy (non-hydrogen) atoms. The molecule has 0 saturated carbocycles. The summed E-state index contributed by atoms with van der Waals surface area (Å²) in [6, 6.07) is 0.241. The molecule has 2 heterocycles. The number of aromatic hydroxyl groups is 1. The molecule has 5 heteroatoms. The van der Waals surface area contributed by atoms with Crippen LogP contribution < -0.4 is 0 Å². The van der Waals surface area contributed by atoms with Gasteiger partial charge in [-0.05, 0) is 25.3 Å². The van der Waals surface area contributed by atoms with E-state index in [1.165, 1.54) is 0 Å². The predicted octanol–water partition coefficient (Wildman–Crippen LogP) is 3.46. The Kier molecular flexibility index (Phi) is 3.24. The van der Waals surface area contributed by atoms with Crippen molar-refractivity contribution in [3.63, 3.8) is 0 Å². The van der Waals surface area contributed by atoms with Crippen LogP contribution in [0, 0.1) is 6.92 Å². The lowest BCUT2D eigenvalue weighted by atomic mass is 10.1. The number of imidazole rings is 1. The van der Waals surface area contributed by atoms with E-state index in [1.54, 1.807) is 6.20 Å². The van der Waals surface area contributed by atoms with Gasteiger partial charge < -0.3 is 5.11 Å². The summed E-state index contributed by atoms with van der Waals surface area (Å²) >= 11 is 6.07. The van der Waals surface area contributed by atoms with Gasteiger partial charge in [-0.3, -0.25) is 4.57 Å². The second-order valence-corrected chi connectivity index (χ2v) is 4.56. The van der Waals surface area contributed by atoms with Gasteiger partial charge in [0.2, 0.25) is 0 Å². The minimum atomic E-state index is 0.0200. The number of aryl methyl sites for hydroxylation is 1. The van der Waals surface area contributed by atoms with Crippen LogP contribution in [0.15, 0.2) is 6.20 Å². The SMILES string of the molecule is CCC(CC)n1c(O)nc2ncc(Cl)c(C)c21. The van der Waals surface area contributed by atoms with Crippen LogP contribution in [-0.4, -0.2) is 19.6 Å². The van der Waals surface area contributed by atoms with Gasteiger partial charge in [-0.2, -0.15) is 4.98 Å². The highest BCUT2D eigenvalue weighted by Gasteiger charge is 2.19. The van der Waals surface area contributed by atoms with Crippen LogP contribution in [0.3, 0.4) is 0 Å². The minimum Gasteiger partial charge on any atom is -0.480 e. The molecule has 2 aromatic heterocycles. The van der Waals surface area contributed by atoms with Crippen molar-refractivity contribution in [3.8, 4) is 6.01 Å². The molecule has 0 aromatic carbocycles. The van der Waals surface area contributed by atoms with Crippen LogP contribution >= 0.6 is 11.6 Å². The van der Waals surface area contributed by atoms with E-state index in [1.807, 2.05) is 11.5 Å². The lowest BCUT2D eigenvalue weighted by Crippen LogP contribution is -2.07. The van der Waals surface area contributed by atoms with Crippen molar-refractivity contribution in [3.05, 3.63) is 16.8 Å². The smallest absolute Gasteiger partial charge is 0.296 e. The Hall–Kier alpha value is -1.29. The molecule has 0 radical (unpaired) electrons. The molecule has 0 aliphatic heterocycles. The van der Waals surface area contributed by atoms with Gasteiger partial charge in [-0.15, -0.1) is 0 Å². The summed E-state index contributed by atoms with van der Waals surface area (Å²) < 4.78 is 1.84. The number of halogens is 1. The Bertz CT molecular complexity index is 546. The average Bonchev–Trinajstić information content (AvgIpc) is 2.64. The quantitative estimate of drug-likeness (QED) is 0.911. The van der Waals surface area contributed by atoms with Crippen molar-refractivity contribution in [1.82, 2.24) is 14.5 Å². The average molecular weight is 254 g/mol. The molecule has 0 atom stereocenters. The first-order valence-electron chi connectivity index (χ1n) is 5.82. The lowest BCUT2D eigenvalue weighted by molar-refractivity contribution is 0.361. The van der Waals surface area contributed by atoms with Gasteiger partial charge in [0, 0.05) is 12.2 Å². The number of fused-ring (bicyclic) bond motifs is 1. The fourth-order valence-corrected chi connectivity index (χ4v) is 2.31. The molecular formula is C12H16ClN3O. The number of pyridine rings is 1. The van der Waals surface area contributed by atoms with Crippen molar-refractivity contribution < 1.29 is 5.11 Å². The van der Waals surface area contributed by atoms with Gasteiger partial charge in [0.25, 0.3) is 6.01 Å². The van der Waals surface area contributed by atoms with E-state index < -0.39 is 0 Å². The molecule has 2 rings (SSSR count). The van der Waals surface area contributed by atoms with Crippen molar-refractivity contribution in [2.75, 3.05) is 0 Å². The zero-order valence-corrected chi connectivity index (χ0v) is 11.0. The normalized spacial score (nSPS) is 11.6. The first-order chi connectivity index (χ1) is 8.10. The maximum Gasteiger partial charge on any atom is 0.296 e. The number of hydrogen-bond acceptors (Lipinski definition) is 3. The molecule has 0 amide bonds. The predicted molar refractivity (Wildman–Crippen MR) is 68.6 cm³/mol. The maximum atomic E-state index is 9.95. The molecule has 92 valence electrons. The Morgan fingerprint density at radius 2 is 2.06 bits per heavy atom. The molecule has 0 bridgehead atoms. The van der Waals surface area contributed by atoms with Gasteiger partial charge in [0.1, 0.15) is 0 Å². The Labute approximate surface area is 105 Å². The van der Waals surface area contributed by atoms with Crippen molar-refractivity contribution in [2.24, 2.45) is 0 Å². The van der Waals surface area contributed by atoms with Crippen molar-refractivity contribution in [1.29, 1.82) is 0 Å². The largest absolute Gasteiger partial charge is 0.480 e. The molecule has 4 nitrogen and oxygen atoms in total. The maximum absolute atomic E-state index is 9.95. The first-order valence-corrected chi connectivity index (χ1v) is 6.19. The molecule has 0 fully saturated rings. The van der Waals surface area contributed by atoms with E-state index in [0.29, 0.717) is 10.7 Å². The summed E-state index contributed by atoms with van der Waals surface area (Å²) in [7, 11) is 0. The molecule has 1 N–H and O–H groups in total. The highest BCUT2D eigenvalue weighted by Crippen LogP contribution is 2.32. The zero-order chi connectivity index (χ0) is 12.6. The summed E-state index contributed by atoms with van der Waals surface area (Å²) in [6.07, 6.45) is 3.44. The van der Waals surface area contributed by atoms with E-state index >= 15 is 0 Å². The summed E-state index contributed by atoms with van der Waals surface area (Å²) in [6.45, 7) is 6.10. The molecule has 0 aliphatic rings. The fourth-order valence-electron chi connectivity index (χ4n) is 2.18. The van der Waals surface area contributed by atoms with E-state index in [2.05, 4.69) is 23.8 Å². The lowest BCUT2D eigenvalue weighted by Gasteiger charge is -2.17. The second-order valence-electron chi connectivity index (χ2n) is 4.16. The van der Waals surface area contributed by atoms with Gasteiger partial charge in [0.15, 0.2) is 5.65 Å². The van der Waals surface area contributed by atoms with Crippen LogP contribution in [0.5, 0.6) is 6.01 Å². The summed E-state index contributed by atoms with van der Waals surface area (Å²) in [4.78, 5) is 8.23. The molecular weight excluding hydrogens is 238 g/mol. The third-order valence-electron chi connectivity index (χ3n) is 3.20.